The summed E-state index contributed by atoms with van der Waals surface area (Å²) in [5.74, 6) is 0.763. The average Bonchev–Trinajstić information content (AvgIpc) is 2.81. The summed E-state index contributed by atoms with van der Waals surface area (Å²) in [7, 11) is 1.62. The van der Waals surface area contributed by atoms with E-state index in [0.717, 1.165) is 28.8 Å². The van der Waals surface area contributed by atoms with Gasteiger partial charge in [0.05, 0.1) is 12.7 Å². The van der Waals surface area contributed by atoms with E-state index in [1.807, 2.05) is 12.1 Å². The van der Waals surface area contributed by atoms with Gasteiger partial charge in [-0.3, -0.25) is 4.79 Å². The molecule has 1 aliphatic rings. The Balaban J connectivity index is 2.07. The smallest absolute Gasteiger partial charge is 0.252 e. The molecule has 1 unspecified atom stereocenters. The Morgan fingerprint density at radius 2 is 2.41 bits per heavy atom. The Bertz CT molecular complexity index is 417. The fourth-order valence-electron chi connectivity index (χ4n) is 1.85. The first-order valence-corrected chi connectivity index (χ1v) is 6.63. The number of rotatable bonds is 3. The van der Waals surface area contributed by atoms with Gasteiger partial charge in [0.2, 0.25) is 0 Å². The molecule has 1 aromatic carbocycles. The number of hydrogen-bond acceptors (Lipinski definition) is 3. The number of halogens is 1. The monoisotopic (exact) mass is 346 g/mol. The Morgan fingerprint density at radius 1 is 1.59 bits per heavy atom. The maximum absolute atomic E-state index is 12.0. The number of ether oxygens (including phenoxy) is 1. The zero-order valence-electron chi connectivity index (χ0n) is 9.63. The van der Waals surface area contributed by atoms with E-state index < -0.39 is 0 Å². The molecule has 1 fully saturated rings. The highest BCUT2D eigenvalue weighted by molar-refractivity contribution is 14.1. The molecule has 1 heterocycles. The van der Waals surface area contributed by atoms with E-state index in [9.17, 15) is 4.79 Å². The quantitative estimate of drug-likeness (QED) is 0.814. The van der Waals surface area contributed by atoms with Gasteiger partial charge in [0.25, 0.3) is 5.91 Å². The zero-order valence-corrected chi connectivity index (χ0v) is 11.8. The molecule has 0 aromatic heterocycles. The van der Waals surface area contributed by atoms with E-state index in [0.29, 0.717) is 5.56 Å². The molecule has 0 spiro atoms. The third-order valence-corrected chi connectivity index (χ3v) is 3.71. The van der Waals surface area contributed by atoms with Crippen molar-refractivity contribution in [3.05, 3.63) is 27.3 Å². The van der Waals surface area contributed by atoms with Crippen LogP contribution in [0.25, 0.3) is 0 Å². The van der Waals surface area contributed by atoms with E-state index in [2.05, 4.69) is 33.2 Å². The first-order valence-electron chi connectivity index (χ1n) is 5.56. The molecule has 5 heteroatoms. The number of methoxy groups -OCH3 is 1. The van der Waals surface area contributed by atoms with Crippen molar-refractivity contribution < 1.29 is 9.53 Å². The molecule has 4 nitrogen and oxygen atoms in total. The highest BCUT2D eigenvalue weighted by Gasteiger charge is 2.18. The first-order chi connectivity index (χ1) is 8.20. The van der Waals surface area contributed by atoms with Crippen molar-refractivity contribution in [3.63, 3.8) is 0 Å². The highest BCUT2D eigenvalue weighted by atomic mass is 127. The van der Waals surface area contributed by atoms with Crippen molar-refractivity contribution in [2.24, 2.45) is 0 Å². The molecule has 0 bridgehead atoms. The number of nitrogens with one attached hydrogen (secondary N) is 2. The third kappa shape index (κ3) is 3.10. The molecular formula is C12H15IN2O2. The van der Waals surface area contributed by atoms with Gasteiger partial charge < -0.3 is 15.4 Å². The molecule has 2 rings (SSSR count). The van der Waals surface area contributed by atoms with Gasteiger partial charge in [-0.05, 0) is 53.8 Å². The maximum Gasteiger partial charge on any atom is 0.252 e. The van der Waals surface area contributed by atoms with Gasteiger partial charge in [0, 0.05) is 16.2 Å². The normalized spacial score (nSPS) is 19.1. The lowest BCUT2D eigenvalue weighted by molar-refractivity contribution is 0.0939. The van der Waals surface area contributed by atoms with Gasteiger partial charge in [-0.15, -0.1) is 0 Å². The Kier molecular flexibility index (Phi) is 4.22. The van der Waals surface area contributed by atoms with Gasteiger partial charge in [0.15, 0.2) is 0 Å². The van der Waals surface area contributed by atoms with Crippen molar-refractivity contribution in [3.8, 4) is 5.75 Å². The van der Waals surface area contributed by atoms with Crippen molar-refractivity contribution in [2.75, 3.05) is 20.2 Å². The molecule has 1 saturated heterocycles. The minimum Gasteiger partial charge on any atom is -0.497 e. The lowest BCUT2D eigenvalue weighted by Crippen LogP contribution is -2.36. The van der Waals surface area contributed by atoms with E-state index in [1.54, 1.807) is 13.2 Å². The predicted molar refractivity (Wildman–Crippen MR) is 74.5 cm³/mol. The van der Waals surface area contributed by atoms with Gasteiger partial charge in [-0.25, -0.2) is 0 Å². The molecule has 2 N–H and O–H groups in total. The number of carbonyl (C=O) groups is 1. The van der Waals surface area contributed by atoms with Crippen LogP contribution in [0.1, 0.15) is 16.8 Å². The SMILES string of the molecule is COc1ccc(C(=O)NC2CCNC2)c(I)c1. The second-order valence-electron chi connectivity index (χ2n) is 4.01. The lowest BCUT2D eigenvalue weighted by atomic mass is 10.2. The standard InChI is InChI=1S/C12H15IN2O2/c1-17-9-2-3-10(11(13)6-9)12(16)15-8-4-5-14-7-8/h2-3,6,8,14H,4-5,7H2,1H3,(H,15,16). The summed E-state index contributed by atoms with van der Waals surface area (Å²) in [4.78, 5) is 12.0. The van der Waals surface area contributed by atoms with Crippen LogP contribution in [0, 0.1) is 3.57 Å². The summed E-state index contributed by atoms with van der Waals surface area (Å²) in [5, 5.41) is 6.25. The van der Waals surface area contributed by atoms with Crippen LogP contribution in [0.2, 0.25) is 0 Å². The van der Waals surface area contributed by atoms with Crippen LogP contribution in [0.4, 0.5) is 0 Å². The largest absolute Gasteiger partial charge is 0.497 e. The van der Waals surface area contributed by atoms with Crippen LogP contribution >= 0.6 is 22.6 Å². The van der Waals surface area contributed by atoms with Crippen LogP contribution in [0.5, 0.6) is 5.75 Å². The fourth-order valence-corrected chi connectivity index (χ4v) is 2.58. The molecule has 0 saturated carbocycles. The van der Waals surface area contributed by atoms with Crippen molar-refractivity contribution in [1.82, 2.24) is 10.6 Å². The summed E-state index contributed by atoms with van der Waals surface area (Å²) in [6.45, 7) is 1.84. The second-order valence-corrected chi connectivity index (χ2v) is 5.17. The van der Waals surface area contributed by atoms with Crippen LogP contribution < -0.4 is 15.4 Å². The summed E-state index contributed by atoms with van der Waals surface area (Å²) < 4.78 is 6.02. The molecular weight excluding hydrogens is 331 g/mol. The topological polar surface area (TPSA) is 50.4 Å². The molecule has 1 amide bonds. The molecule has 17 heavy (non-hydrogen) atoms. The number of benzene rings is 1. The van der Waals surface area contributed by atoms with Gasteiger partial charge in [0.1, 0.15) is 5.75 Å². The molecule has 1 aromatic rings. The number of carbonyl (C=O) groups excluding carboxylic acids is 1. The van der Waals surface area contributed by atoms with E-state index in [1.165, 1.54) is 0 Å². The summed E-state index contributed by atoms with van der Waals surface area (Å²) >= 11 is 2.15. The van der Waals surface area contributed by atoms with E-state index in [4.69, 9.17) is 4.74 Å². The highest BCUT2D eigenvalue weighted by Crippen LogP contribution is 2.19. The lowest BCUT2D eigenvalue weighted by Gasteiger charge is -2.12. The Hall–Kier alpha value is -0.820. The van der Waals surface area contributed by atoms with Crippen LogP contribution in [-0.2, 0) is 0 Å². The molecule has 92 valence electrons. The van der Waals surface area contributed by atoms with Crippen LogP contribution in [0.15, 0.2) is 18.2 Å². The number of hydrogen-bond donors (Lipinski definition) is 2. The van der Waals surface area contributed by atoms with Crippen LogP contribution in [0.3, 0.4) is 0 Å². The van der Waals surface area contributed by atoms with E-state index in [-0.39, 0.29) is 11.9 Å². The maximum atomic E-state index is 12.0. The second kappa shape index (κ2) is 5.68. The van der Waals surface area contributed by atoms with Gasteiger partial charge in [-0.1, -0.05) is 0 Å². The third-order valence-electron chi connectivity index (χ3n) is 2.82. The predicted octanol–water partition coefficient (Wildman–Crippen LogP) is 1.39. The Labute approximate surface area is 114 Å². The zero-order chi connectivity index (χ0) is 12.3. The Morgan fingerprint density at radius 3 is 3.00 bits per heavy atom. The van der Waals surface area contributed by atoms with Gasteiger partial charge >= 0.3 is 0 Å². The fraction of sp³-hybridized carbons (Fsp3) is 0.417. The van der Waals surface area contributed by atoms with Crippen molar-refractivity contribution in [1.29, 1.82) is 0 Å². The minimum absolute atomic E-state index is 0.00856. The molecule has 1 atom stereocenters. The molecule has 0 aliphatic carbocycles. The number of amides is 1. The summed E-state index contributed by atoms with van der Waals surface area (Å²) in [6.07, 6.45) is 0.998. The van der Waals surface area contributed by atoms with Crippen LogP contribution in [-0.4, -0.2) is 32.1 Å². The van der Waals surface area contributed by atoms with E-state index >= 15 is 0 Å². The molecule has 0 radical (unpaired) electrons. The summed E-state index contributed by atoms with van der Waals surface area (Å²) in [6, 6.07) is 5.73. The van der Waals surface area contributed by atoms with Crippen molar-refractivity contribution >= 4 is 28.5 Å². The van der Waals surface area contributed by atoms with Gasteiger partial charge in [-0.2, -0.15) is 0 Å². The molecule has 1 aliphatic heterocycles. The first kappa shape index (κ1) is 12.6. The summed E-state index contributed by atoms with van der Waals surface area (Å²) in [5.41, 5.74) is 0.707. The average molecular weight is 346 g/mol. The van der Waals surface area contributed by atoms with Crippen molar-refractivity contribution in [2.45, 2.75) is 12.5 Å². The minimum atomic E-state index is -0.00856.